The van der Waals surface area contributed by atoms with E-state index < -0.39 is 0 Å². The number of allylic oxidation sites excluding steroid dienone is 1. The van der Waals surface area contributed by atoms with E-state index in [4.69, 9.17) is 9.47 Å². The Morgan fingerprint density at radius 1 is 1.41 bits per heavy atom. The zero-order valence-corrected chi connectivity index (χ0v) is 11.8. The molecular formula is C14H18O2Se. The molecule has 17 heavy (non-hydrogen) atoms. The molecule has 0 bridgehead atoms. The topological polar surface area (TPSA) is 18.5 Å². The summed E-state index contributed by atoms with van der Waals surface area (Å²) in [6, 6.07) is 10.7. The van der Waals surface area contributed by atoms with Crippen molar-refractivity contribution in [1.29, 1.82) is 0 Å². The van der Waals surface area contributed by atoms with Gasteiger partial charge >= 0.3 is 109 Å². The van der Waals surface area contributed by atoms with Gasteiger partial charge in [0, 0.05) is 0 Å². The Kier molecular flexibility index (Phi) is 5.27. The van der Waals surface area contributed by atoms with Crippen molar-refractivity contribution in [2.45, 2.75) is 24.5 Å². The molecule has 2 rings (SSSR count). The third-order valence-electron chi connectivity index (χ3n) is 2.61. The maximum atomic E-state index is 5.73. The standard InChI is InChI=1S/C14H18O2Se/c1-2-3-10-15-14-13(9-11-16-14)17-12-7-5-4-6-8-12/h2-8,13-14H,9-11H2,1H3/b3-2+/t13-,14-/m0/s1. The first-order valence-corrected chi connectivity index (χ1v) is 7.81. The molecule has 0 aliphatic carbocycles. The summed E-state index contributed by atoms with van der Waals surface area (Å²) in [5, 5.41) is 0. The predicted molar refractivity (Wildman–Crippen MR) is 70.7 cm³/mol. The second kappa shape index (κ2) is 6.97. The number of ether oxygens (including phenoxy) is 2. The van der Waals surface area contributed by atoms with Crippen LogP contribution in [0.1, 0.15) is 13.3 Å². The van der Waals surface area contributed by atoms with Crippen LogP contribution in [0.2, 0.25) is 4.82 Å². The van der Waals surface area contributed by atoms with Gasteiger partial charge in [-0.1, -0.05) is 0 Å². The number of rotatable bonds is 5. The van der Waals surface area contributed by atoms with Gasteiger partial charge in [-0.2, -0.15) is 0 Å². The Morgan fingerprint density at radius 2 is 2.24 bits per heavy atom. The summed E-state index contributed by atoms with van der Waals surface area (Å²) < 4.78 is 12.8. The summed E-state index contributed by atoms with van der Waals surface area (Å²) in [5.41, 5.74) is 0. The molecule has 3 heteroatoms. The second-order valence-electron chi connectivity index (χ2n) is 3.90. The van der Waals surface area contributed by atoms with E-state index >= 15 is 0 Å². The SMILES string of the molecule is C/C=C/CO[C@H]1OCC[C@@H]1[Se]c1ccccc1. The van der Waals surface area contributed by atoms with Crippen LogP contribution in [0.15, 0.2) is 42.5 Å². The van der Waals surface area contributed by atoms with Crippen molar-refractivity contribution < 1.29 is 9.47 Å². The fourth-order valence-corrected chi connectivity index (χ4v) is 4.14. The van der Waals surface area contributed by atoms with Crippen molar-refractivity contribution in [1.82, 2.24) is 0 Å². The quantitative estimate of drug-likeness (QED) is 0.612. The van der Waals surface area contributed by atoms with Crippen molar-refractivity contribution in [2.75, 3.05) is 13.2 Å². The van der Waals surface area contributed by atoms with Crippen molar-refractivity contribution in [3.05, 3.63) is 42.5 Å². The fraction of sp³-hybridized carbons (Fsp3) is 0.429. The van der Waals surface area contributed by atoms with Gasteiger partial charge in [0.15, 0.2) is 0 Å². The van der Waals surface area contributed by atoms with E-state index in [2.05, 4.69) is 30.3 Å². The summed E-state index contributed by atoms with van der Waals surface area (Å²) in [6.45, 7) is 3.49. The Bertz CT molecular complexity index is 350. The number of benzene rings is 1. The molecule has 1 aromatic carbocycles. The van der Waals surface area contributed by atoms with Gasteiger partial charge in [0.25, 0.3) is 0 Å². The van der Waals surface area contributed by atoms with Crippen molar-refractivity contribution in [3.63, 3.8) is 0 Å². The molecule has 1 aromatic rings. The average molecular weight is 297 g/mol. The van der Waals surface area contributed by atoms with Crippen LogP contribution >= 0.6 is 0 Å². The van der Waals surface area contributed by atoms with Crippen LogP contribution in [-0.2, 0) is 9.47 Å². The Labute approximate surface area is 109 Å². The van der Waals surface area contributed by atoms with E-state index in [1.54, 1.807) is 0 Å². The van der Waals surface area contributed by atoms with Gasteiger partial charge in [0.1, 0.15) is 0 Å². The molecule has 1 heterocycles. The monoisotopic (exact) mass is 298 g/mol. The third kappa shape index (κ3) is 3.97. The van der Waals surface area contributed by atoms with Gasteiger partial charge in [0.2, 0.25) is 0 Å². The zero-order valence-electron chi connectivity index (χ0n) is 10.0. The van der Waals surface area contributed by atoms with Gasteiger partial charge in [-0.3, -0.25) is 0 Å². The molecule has 0 aromatic heterocycles. The average Bonchev–Trinajstić information content (AvgIpc) is 2.79. The third-order valence-corrected chi connectivity index (χ3v) is 5.35. The first-order valence-electron chi connectivity index (χ1n) is 5.96. The maximum absolute atomic E-state index is 5.73. The van der Waals surface area contributed by atoms with Gasteiger partial charge in [-0.15, -0.1) is 0 Å². The molecule has 0 saturated carbocycles. The Hall–Kier alpha value is -0.601. The van der Waals surface area contributed by atoms with E-state index in [-0.39, 0.29) is 6.29 Å². The molecule has 0 spiro atoms. The Balaban J connectivity index is 1.87. The molecule has 2 atom stereocenters. The molecule has 1 aliphatic heterocycles. The molecule has 0 N–H and O–H groups in total. The van der Waals surface area contributed by atoms with Gasteiger partial charge < -0.3 is 0 Å². The first kappa shape index (κ1) is 12.8. The van der Waals surface area contributed by atoms with Crippen molar-refractivity contribution >= 4 is 19.4 Å². The summed E-state index contributed by atoms with van der Waals surface area (Å²) in [7, 11) is 0. The van der Waals surface area contributed by atoms with Crippen LogP contribution in [0.5, 0.6) is 0 Å². The normalized spacial score (nSPS) is 24.5. The summed E-state index contributed by atoms with van der Waals surface area (Å²) in [4.78, 5) is 0.551. The van der Waals surface area contributed by atoms with Crippen molar-refractivity contribution in [3.8, 4) is 0 Å². The van der Waals surface area contributed by atoms with Crippen LogP contribution < -0.4 is 4.46 Å². The zero-order chi connectivity index (χ0) is 11.9. The van der Waals surface area contributed by atoms with Crippen LogP contribution in [0.25, 0.3) is 0 Å². The van der Waals surface area contributed by atoms with E-state index in [1.807, 2.05) is 19.1 Å². The molecule has 1 saturated heterocycles. The van der Waals surface area contributed by atoms with E-state index in [1.165, 1.54) is 4.46 Å². The molecule has 0 radical (unpaired) electrons. The number of hydrogen-bond donors (Lipinski definition) is 0. The summed E-state index contributed by atoms with van der Waals surface area (Å²) >= 11 is 0.443. The molecule has 0 unspecified atom stereocenters. The predicted octanol–water partition coefficient (Wildman–Crippen LogP) is 2.14. The van der Waals surface area contributed by atoms with E-state index in [0.29, 0.717) is 26.4 Å². The minimum atomic E-state index is -0.00796. The van der Waals surface area contributed by atoms with Gasteiger partial charge in [-0.25, -0.2) is 0 Å². The van der Waals surface area contributed by atoms with Crippen LogP contribution in [0.3, 0.4) is 0 Å². The Morgan fingerprint density at radius 3 is 3.00 bits per heavy atom. The number of hydrogen-bond acceptors (Lipinski definition) is 2. The molecular weight excluding hydrogens is 279 g/mol. The molecule has 2 nitrogen and oxygen atoms in total. The van der Waals surface area contributed by atoms with Crippen LogP contribution in [0.4, 0.5) is 0 Å². The van der Waals surface area contributed by atoms with E-state index in [9.17, 15) is 0 Å². The van der Waals surface area contributed by atoms with Crippen LogP contribution in [-0.4, -0.2) is 34.5 Å². The first-order chi connectivity index (χ1) is 8.40. The van der Waals surface area contributed by atoms with Gasteiger partial charge in [0.05, 0.1) is 0 Å². The fourth-order valence-electron chi connectivity index (χ4n) is 1.73. The summed E-state index contributed by atoms with van der Waals surface area (Å²) in [6.07, 6.45) is 5.14. The van der Waals surface area contributed by atoms with Crippen molar-refractivity contribution in [2.24, 2.45) is 0 Å². The van der Waals surface area contributed by atoms with Gasteiger partial charge in [-0.05, 0) is 0 Å². The second-order valence-corrected chi connectivity index (χ2v) is 6.65. The van der Waals surface area contributed by atoms with Crippen LogP contribution in [0, 0.1) is 0 Å². The molecule has 0 amide bonds. The van der Waals surface area contributed by atoms with E-state index in [0.717, 1.165) is 13.0 Å². The summed E-state index contributed by atoms with van der Waals surface area (Å²) in [5.74, 6) is 0. The molecule has 1 aliphatic rings. The molecule has 92 valence electrons. The minimum absolute atomic E-state index is 0.00796. The molecule has 1 fully saturated rings.